The quantitative estimate of drug-likeness (QED) is 0.558. The van der Waals surface area contributed by atoms with E-state index in [0.717, 1.165) is 18.7 Å². The van der Waals surface area contributed by atoms with Crippen LogP contribution in [0, 0.1) is 5.92 Å². The number of hydrogen-bond donors (Lipinski definition) is 0. The maximum atomic E-state index is 10.1. The molecule has 0 aromatic carbocycles. The third-order valence-electron chi connectivity index (χ3n) is 2.42. The molecule has 0 unspecified atom stereocenters. The summed E-state index contributed by atoms with van der Waals surface area (Å²) < 4.78 is 0. The average molecular weight is 155 g/mol. The highest BCUT2D eigenvalue weighted by Gasteiger charge is 2.18. The molecule has 0 heterocycles. The van der Waals surface area contributed by atoms with Crippen LogP contribution in [0.1, 0.15) is 25.7 Å². The van der Waals surface area contributed by atoms with Crippen LogP contribution in [-0.2, 0) is 4.79 Å². The average Bonchev–Trinajstić information content (AvgIpc) is 1.93. The van der Waals surface area contributed by atoms with Crippen LogP contribution in [0.4, 0.5) is 0 Å². The predicted octanol–water partition coefficient (Wildman–Crippen LogP) is 1.31. The van der Waals surface area contributed by atoms with Gasteiger partial charge in [-0.15, -0.1) is 0 Å². The lowest BCUT2D eigenvalue weighted by molar-refractivity contribution is -0.108. The Hall–Kier alpha value is -0.370. The van der Waals surface area contributed by atoms with E-state index in [9.17, 15) is 4.79 Å². The van der Waals surface area contributed by atoms with Crippen molar-refractivity contribution >= 4 is 6.29 Å². The summed E-state index contributed by atoms with van der Waals surface area (Å²) in [5.41, 5.74) is 0. The van der Waals surface area contributed by atoms with Gasteiger partial charge in [0.25, 0.3) is 0 Å². The standard InChI is InChI=1S/C9H17NO/c1-10(6-3-7-11)8-9-4-2-5-9/h7,9H,2-6,8H2,1H3. The molecule has 0 saturated heterocycles. The Morgan fingerprint density at radius 3 is 2.73 bits per heavy atom. The second kappa shape index (κ2) is 4.50. The molecule has 64 valence electrons. The Balaban J connectivity index is 1.99. The molecular formula is C9H17NO. The molecule has 1 aliphatic rings. The number of nitrogens with zero attached hydrogens (tertiary/aromatic N) is 1. The second-order valence-electron chi connectivity index (χ2n) is 3.51. The summed E-state index contributed by atoms with van der Waals surface area (Å²) >= 11 is 0. The summed E-state index contributed by atoms with van der Waals surface area (Å²) in [4.78, 5) is 12.3. The van der Waals surface area contributed by atoms with Crippen LogP contribution in [0.2, 0.25) is 0 Å². The van der Waals surface area contributed by atoms with Crippen LogP contribution in [0.25, 0.3) is 0 Å². The topological polar surface area (TPSA) is 20.3 Å². The van der Waals surface area contributed by atoms with Crippen molar-refractivity contribution in [3.05, 3.63) is 0 Å². The van der Waals surface area contributed by atoms with E-state index in [1.807, 2.05) is 0 Å². The van der Waals surface area contributed by atoms with E-state index in [2.05, 4.69) is 11.9 Å². The van der Waals surface area contributed by atoms with Crippen molar-refractivity contribution < 1.29 is 4.79 Å². The van der Waals surface area contributed by atoms with Crippen LogP contribution in [0.15, 0.2) is 0 Å². The lowest BCUT2D eigenvalue weighted by Crippen LogP contribution is -2.30. The number of aldehydes is 1. The zero-order valence-electron chi connectivity index (χ0n) is 7.25. The summed E-state index contributed by atoms with van der Waals surface area (Å²) in [5, 5.41) is 0. The summed E-state index contributed by atoms with van der Waals surface area (Å²) in [7, 11) is 2.10. The molecule has 2 nitrogen and oxygen atoms in total. The van der Waals surface area contributed by atoms with Gasteiger partial charge in [-0.3, -0.25) is 0 Å². The van der Waals surface area contributed by atoms with Gasteiger partial charge in [0, 0.05) is 19.5 Å². The minimum Gasteiger partial charge on any atom is -0.306 e. The van der Waals surface area contributed by atoms with Gasteiger partial charge in [0.05, 0.1) is 0 Å². The Morgan fingerprint density at radius 2 is 2.27 bits per heavy atom. The molecule has 1 rings (SSSR count). The first-order valence-electron chi connectivity index (χ1n) is 4.45. The molecule has 1 aliphatic carbocycles. The normalized spacial score (nSPS) is 18.4. The van der Waals surface area contributed by atoms with Crippen LogP contribution in [-0.4, -0.2) is 31.3 Å². The number of carbonyl (C=O) groups excluding carboxylic acids is 1. The summed E-state index contributed by atoms with van der Waals surface area (Å²) in [6, 6.07) is 0. The van der Waals surface area contributed by atoms with Gasteiger partial charge >= 0.3 is 0 Å². The minimum absolute atomic E-state index is 0.684. The molecule has 0 amide bonds. The van der Waals surface area contributed by atoms with Gasteiger partial charge in [0.1, 0.15) is 6.29 Å². The molecule has 11 heavy (non-hydrogen) atoms. The molecule has 0 aromatic heterocycles. The van der Waals surface area contributed by atoms with Crippen LogP contribution in [0.5, 0.6) is 0 Å². The van der Waals surface area contributed by atoms with Crippen LogP contribution >= 0.6 is 0 Å². The zero-order valence-corrected chi connectivity index (χ0v) is 7.25. The monoisotopic (exact) mass is 155 g/mol. The summed E-state index contributed by atoms with van der Waals surface area (Å²) in [6.07, 6.45) is 5.88. The van der Waals surface area contributed by atoms with Gasteiger partial charge in [0.2, 0.25) is 0 Å². The van der Waals surface area contributed by atoms with Gasteiger partial charge in [-0.2, -0.15) is 0 Å². The molecule has 0 atom stereocenters. The fourth-order valence-electron chi connectivity index (χ4n) is 1.48. The molecule has 1 fully saturated rings. The Bertz CT molecular complexity index is 121. The van der Waals surface area contributed by atoms with Crippen molar-refractivity contribution in [2.24, 2.45) is 5.92 Å². The molecule has 0 bridgehead atoms. The lowest BCUT2D eigenvalue weighted by atomic mass is 9.85. The molecular weight excluding hydrogens is 138 g/mol. The van der Waals surface area contributed by atoms with E-state index in [0.29, 0.717) is 6.42 Å². The molecule has 1 saturated carbocycles. The molecule has 0 aromatic rings. The van der Waals surface area contributed by atoms with Crippen LogP contribution in [0.3, 0.4) is 0 Å². The Labute approximate surface area is 68.6 Å². The lowest BCUT2D eigenvalue weighted by Gasteiger charge is -2.29. The van der Waals surface area contributed by atoms with E-state index in [4.69, 9.17) is 0 Å². The minimum atomic E-state index is 0.684. The van der Waals surface area contributed by atoms with Crippen molar-refractivity contribution in [3.63, 3.8) is 0 Å². The van der Waals surface area contributed by atoms with E-state index >= 15 is 0 Å². The Kier molecular flexibility index (Phi) is 3.57. The number of hydrogen-bond acceptors (Lipinski definition) is 2. The van der Waals surface area contributed by atoms with Gasteiger partial charge in [0.15, 0.2) is 0 Å². The Morgan fingerprint density at radius 1 is 1.55 bits per heavy atom. The van der Waals surface area contributed by atoms with Gasteiger partial charge in [-0.1, -0.05) is 6.42 Å². The van der Waals surface area contributed by atoms with E-state index in [1.165, 1.54) is 25.8 Å². The van der Waals surface area contributed by atoms with Crippen molar-refractivity contribution in [2.75, 3.05) is 20.1 Å². The van der Waals surface area contributed by atoms with Gasteiger partial charge in [-0.25, -0.2) is 0 Å². The van der Waals surface area contributed by atoms with Gasteiger partial charge in [-0.05, 0) is 25.8 Å². The highest BCUT2D eigenvalue weighted by atomic mass is 16.1. The highest BCUT2D eigenvalue weighted by molar-refractivity contribution is 5.49. The highest BCUT2D eigenvalue weighted by Crippen LogP contribution is 2.26. The first-order valence-corrected chi connectivity index (χ1v) is 4.45. The van der Waals surface area contributed by atoms with E-state index in [-0.39, 0.29) is 0 Å². The zero-order chi connectivity index (χ0) is 8.10. The molecule has 0 spiro atoms. The molecule has 2 heteroatoms. The maximum absolute atomic E-state index is 10.1. The van der Waals surface area contributed by atoms with E-state index in [1.54, 1.807) is 0 Å². The molecule has 0 radical (unpaired) electrons. The van der Waals surface area contributed by atoms with Crippen molar-refractivity contribution in [1.29, 1.82) is 0 Å². The summed E-state index contributed by atoms with van der Waals surface area (Å²) in [6.45, 7) is 2.12. The fourth-order valence-corrected chi connectivity index (χ4v) is 1.48. The molecule has 0 N–H and O–H groups in total. The first kappa shape index (κ1) is 8.72. The number of carbonyl (C=O) groups is 1. The third kappa shape index (κ3) is 3.02. The van der Waals surface area contributed by atoms with Crippen molar-refractivity contribution in [1.82, 2.24) is 4.90 Å². The fraction of sp³-hybridized carbons (Fsp3) is 0.889. The second-order valence-corrected chi connectivity index (χ2v) is 3.51. The van der Waals surface area contributed by atoms with E-state index < -0.39 is 0 Å². The van der Waals surface area contributed by atoms with Crippen LogP contribution < -0.4 is 0 Å². The van der Waals surface area contributed by atoms with Crippen molar-refractivity contribution in [2.45, 2.75) is 25.7 Å². The largest absolute Gasteiger partial charge is 0.306 e. The summed E-state index contributed by atoms with van der Waals surface area (Å²) in [5.74, 6) is 0.923. The van der Waals surface area contributed by atoms with Crippen molar-refractivity contribution in [3.8, 4) is 0 Å². The SMILES string of the molecule is CN(CCC=O)CC1CCC1. The third-order valence-corrected chi connectivity index (χ3v) is 2.42. The predicted molar refractivity (Wildman–Crippen MR) is 45.5 cm³/mol. The number of rotatable bonds is 5. The smallest absolute Gasteiger partial charge is 0.121 e. The molecule has 0 aliphatic heterocycles. The first-order chi connectivity index (χ1) is 5.33. The maximum Gasteiger partial charge on any atom is 0.121 e. The van der Waals surface area contributed by atoms with Gasteiger partial charge < -0.3 is 9.69 Å².